The minimum Gasteiger partial charge on any atom is -0.224 e. The SMILES string of the molecule is CCS(=O)(=O)NCc1ccc(S(N)(=O)=O)s1. The molecule has 3 N–H and O–H groups in total. The Bertz CT molecular complexity index is 558. The fraction of sp³-hybridized carbons (Fsp3) is 0.429. The summed E-state index contributed by atoms with van der Waals surface area (Å²) in [4.78, 5) is 0.598. The lowest BCUT2D eigenvalue weighted by molar-refractivity contribution is 0.583. The van der Waals surface area contributed by atoms with Gasteiger partial charge in [0.1, 0.15) is 4.21 Å². The molecule has 0 aliphatic heterocycles. The highest BCUT2D eigenvalue weighted by molar-refractivity contribution is 7.91. The Morgan fingerprint density at radius 1 is 1.31 bits per heavy atom. The van der Waals surface area contributed by atoms with Gasteiger partial charge in [0.15, 0.2) is 0 Å². The van der Waals surface area contributed by atoms with E-state index in [1.807, 2.05) is 0 Å². The first-order chi connectivity index (χ1) is 7.24. The fourth-order valence-corrected chi connectivity index (χ4v) is 3.28. The third-order valence-corrected chi connectivity index (χ3v) is 5.63. The lowest BCUT2D eigenvalue weighted by atomic mass is 10.5. The van der Waals surface area contributed by atoms with E-state index in [4.69, 9.17) is 5.14 Å². The molecule has 0 aromatic carbocycles. The number of nitrogens with one attached hydrogen (secondary N) is 1. The fourth-order valence-electron chi connectivity index (χ4n) is 0.889. The van der Waals surface area contributed by atoms with Gasteiger partial charge in [-0.3, -0.25) is 0 Å². The van der Waals surface area contributed by atoms with Gasteiger partial charge in [0, 0.05) is 11.4 Å². The predicted octanol–water partition coefficient (Wildman–Crippen LogP) is -0.165. The Labute approximate surface area is 98.6 Å². The van der Waals surface area contributed by atoms with Crippen molar-refractivity contribution in [3.8, 4) is 0 Å². The summed E-state index contributed by atoms with van der Waals surface area (Å²) in [6.07, 6.45) is 0. The molecule has 16 heavy (non-hydrogen) atoms. The summed E-state index contributed by atoms with van der Waals surface area (Å²) in [5.74, 6) is -0.0135. The molecule has 0 amide bonds. The Morgan fingerprint density at radius 3 is 2.38 bits per heavy atom. The summed E-state index contributed by atoms with van der Waals surface area (Å²) in [6.45, 7) is 1.60. The van der Waals surface area contributed by atoms with Crippen LogP contribution in [-0.2, 0) is 26.6 Å². The number of sulfonamides is 2. The van der Waals surface area contributed by atoms with Crippen LogP contribution in [0, 0.1) is 0 Å². The van der Waals surface area contributed by atoms with Crippen molar-refractivity contribution in [1.29, 1.82) is 0 Å². The van der Waals surface area contributed by atoms with E-state index in [9.17, 15) is 16.8 Å². The maximum absolute atomic E-state index is 11.1. The van der Waals surface area contributed by atoms with E-state index < -0.39 is 20.0 Å². The summed E-state index contributed by atoms with van der Waals surface area (Å²) in [7, 11) is -6.97. The van der Waals surface area contributed by atoms with Crippen LogP contribution in [0.3, 0.4) is 0 Å². The summed E-state index contributed by atoms with van der Waals surface area (Å²) in [5.41, 5.74) is 0. The van der Waals surface area contributed by atoms with Gasteiger partial charge in [-0.2, -0.15) is 0 Å². The molecule has 0 spiro atoms. The smallest absolute Gasteiger partial charge is 0.224 e. The van der Waals surface area contributed by atoms with E-state index in [1.165, 1.54) is 19.1 Å². The van der Waals surface area contributed by atoms with Gasteiger partial charge in [-0.25, -0.2) is 26.7 Å². The third-order valence-electron chi connectivity index (χ3n) is 1.76. The van der Waals surface area contributed by atoms with Gasteiger partial charge in [-0.1, -0.05) is 0 Å². The van der Waals surface area contributed by atoms with E-state index in [1.54, 1.807) is 0 Å². The van der Waals surface area contributed by atoms with Gasteiger partial charge in [0.25, 0.3) is 0 Å². The zero-order chi connectivity index (χ0) is 12.4. The number of nitrogens with two attached hydrogens (primary N) is 1. The lowest BCUT2D eigenvalue weighted by Crippen LogP contribution is -2.24. The normalized spacial score (nSPS) is 12.9. The van der Waals surface area contributed by atoms with Gasteiger partial charge in [-0.15, -0.1) is 11.3 Å². The lowest BCUT2D eigenvalue weighted by Gasteiger charge is -2.01. The molecule has 0 unspecified atom stereocenters. The molecule has 6 nitrogen and oxygen atoms in total. The van der Waals surface area contributed by atoms with Crippen molar-refractivity contribution in [2.45, 2.75) is 17.7 Å². The quantitative estimate of drug-likeness (QED) is 0.783. The van der Waals surface area contributed by atoms with Crippen LogP contribution < -0.4 is 9.86 Å². The van der Waals surface area contributed by atoms with E-state index in [0.717, 1.165) is 11.3 Å². The van der Waals surface area contributed by atoms with Crippen molar-refractivity contribution in [2.24, 2.45) is 5.14 Å². The molecule has 0 atom stereocenters. The summed E-state index contributed by atoms with van der Waals surface area (Å²) in [5, 5.41) is 4.92. The topological polar surface area (TPSA) is 106 Å². The van der Waals surface area contributed by atoms with Crippen molar-refractivity contribution in [3.05, 3.63) is 17.0 Å². The zero-order valence-corrected chi connectivity index (χ0v) is 11.0. The van der Waals surface area contributed by atoms with Crippen molar-refractivity contribution < 1.29 is 16.8 Å². The average molecular weight is 284 g/mol. The van der Waals surface area contributed by atoms with Crippen molar-refractivity contribution in [1.82, 2.24) is 4.72 Å². The standard InChI is InChI=1S/C7H12N2O4S3/c1-2-15(10,11)9-5-6-3-4-7(14-6)16(8,12)13/h3-4,9H,2,5H2,1H3,(H2,8,12,13). The Hall–Kier alpha value is -0.480. The molecule has 0 aliphatic rings. The molecule has 0 bridgehead atoms. The first kappa shape index (κ1) is 13.6. The highest BCUT2D eigenvalue weighted by Crippen LogP contribution is 2.20. The zero-order valence-electron chi connectivity index (χ0n) is 8.50. The first-order valence-electron chi connectivity index (χ1n) is 4.33. The second-order valence-corrected chi connectivity index (χ2v) is 8.04. The molecule has 92 valence electrons. The molecular formula is C7H12N2O4S3. The molecule has 1 aromatic rings. The predicted molar refractivity (Wildman–Crippen MR) is 62.0 cm³/mol. The van der Waals surface area contributed by atoms with Gasteiger partial charge < -0.3 is 0 Å². The van der Waals surface area contributed by atoms with Crippen LogP contribution in [-0.4, -0.2) is 22.6 Å². The van der Waals surface area contributed by atoms with Gasteiger partial charge >= 0.3 is 0 Å². The molecule has 0 saturated heterocycles. The average Bonchev–Trinajstić information content (AvgIpc) is 2.63. The summed E-state index contributed by atoms with van der Waals surface area (Å²) >= 11 is 0.951. The maximum atomic E-state index is 11.1. The van der Waals surface area contributed by atoms with Crippen LogP contribution in [0.25, 0.3) is 0 Å². The Morgan fingerprint density at radius 2 is 1.94 bits per heavy atom. The molecule has 1 rings (SSSR count). The second kappa shape index (κ2) is 4.80. The number of primary sulfonamides is 1. The van der Waals surface area contributed by atoms with E-state index in [0.29, 0.717) is 4.88 Å². The minimum atomic E-state index is -3.70. The molecule has 1 aromatic heterocycles. The summed E-state index contributed by atoms with van der Waals surface area (Å²) < 4.78 is 46.5. The number of hydrogen-bond donors (Lipinski definition) is 2. The van der Waals surface area contributed by atoms with E-state index in [-0.39, 0.29) is 16.5 Å². The monoisotopic (exact) mass is 284 g/mol. The van der Waals surface area contributed by atoms with E-state index >= 15 is 0 Å². The third kappa shape index (κ3) is 3.83. The van der Waals surface area contributed by atoms with Crippen LogP contribution in [0.4, 0.5) is 0 Å². The molecule has 0 radical (unpaired) electrons. The molecule has 0 saturated carbocycles. The largest absolute Gasteiger partial charge is 0.247 e. The molecular weight excluding hydrogens is 272 g/mol. The molecule has 9 heteroatoms. The van der Waals surface area contributed by atoms with E-state index in [2.05, 4.69) is 4.72 Å². The van der Waals surface area contributed by atoms with Gasteiger partial charge in [-0.05, 0) is 19.1 Å². The molecule has 1 heterocycles. The molecule has 0 aliphatic carbocycles. The number of rotatable bonds is 5. The second-order valence-electron chi connectivity index (χ2n) is 2.99. The summed E-state index contributed by atoms with van der Waals surface area (Å²) in [6, 6.07) is 2.89. The van der Waals surface area contributed by atoms with Gasteiger partial charge in [0.05, 0.1) is 5.75 Å². The van der Waals surface area contributed by atoms with Crippen LogP contribution in [0.1, 0.15) is 11.8 Å². The van der Waals surface area contributed by atoms with Crippen LogP contribution in [0.2, 0.25) is 0 Å². The van der Waals surface area contributed by atoms with Crippen LogP contribution in [0.5, 0.6) is 0 Å². The first-order valence-corrected chi connectivity index (χ1v) is 8.35. The highest BCUT2D eigenvalue weighted by Gasteiger charge is 2.12. The van der Waals surface area contributed by atoms with Crippen molar-refractivity contribution in [2.75, 3.05) is 5.75 Å². The molecule has 0 fully saturated rings. The van der Waals surface area contributed by atoms with Crippen molar-refractivity contribution >= 4 is 31.4 Å². The number of thiophene rings is 1. The Balaban J connectivity index is 2.75. The Kier molecular flexibility index (Phi) is 4.07. The maximum Gasteiger partial charge on any atom is 0.247 e. The minimum absolute atomic E-state index is 0.0135. The van der Waals surface area contributed by atoms with Crippen LogP contribution >= 0.6 is 11.3 Å². The van der Waals surface area contributed by atoms with Crippen molar-refractivity contribution in [3.63, 3.8) is 0 Å². The van der Waals surface area contributed by atoms with Crippen LogP contribution in [0.15, 0.2) is 16.3 Å². The highest BCUT2D eigenvalue weighted by atomic mass is 32.2. The number of hydrogen-bond acceptors (Lipinski definition) is 5. The van der Waals surface area contributed by atoms with Gasteiger partial charge in [0.2, 0.25) is 20.0 Å².